The van der Waals surface area contributed by atoms with Crippen LogP contribution in [0, 0.1) is 0 Å². The van der Waals surface area contributed by atoms with Crippen molar-refractivity contribution in [2.75, 3.05) is 11.4 Å². The highest BCUT2D eigenvalue weighted by Gasteiger charge is 2.07. The molecule has 1 heterocycles. The van der Waals surface area contributed by atoms with Gasteiger partial charge < -0.3 is 10.0 Å². The van der Waals surface area contributed by atoms with E-state index in [9.17, 15) is 5.11 Å². The minimum Gasteiger partial charge on any atom is -0.510 e. The van der Waals surface area contributed by atoms with E-state index in [1.807, 2.05) is 41.4 Å². The maximum atomic E-state index is 9.34. The minimum atomic E-state index is 0.363. The van der Waals surface area contributed by atoms with Crippen molar-refractivity contribution in [3.8, 4) is 0 Å². The molecule has 0 radical (unpaired) electrons. The summed E-state index contributed by atoms with van der Waals surface area (Å²) in [7, 11) is 0. The largest absolute Gasteiger partial charge is 0.510 e. The zero-order chi connectivity index (χ0) is 9.97. The molecule has 1 aliphatic rings. The Bertz CT molecular complexity index is 381. The molecule has 1 N–H and O–H groups in total. The van der Waals surface area contributed by atoms with Gasteiger partial charge in [0.25, 0.3) is 0 Å². The quantitative estimate of drug-likeness (QED) is 0.765. The molecule has 0 amide bonds. The van der Waals surface area contributed by atoms with Crippen LogP contribution in [-0.4, -0.2) is 11.7 Å². The number of allylic oxidation sites excluding steroid dienone is 2. The first-order valence-electron chi connectivity index (χ1n) is 4.34. The number of anilines is 1. The Balaban J connectivity index is 2.21. The smallest absolute Gasteiger partial charge is 0.112 e. The third-order valence-electron chi connectivity index (χ3n) is 2.05. The van der Waals surface area contributed by atoms with Crippen LogP contribution in [-0.2, 0) is 0 Å². The van der Waals surface area contributed by atoms with Crippen LogP contribution in [0.1, 0.15) is 0 Å². The molecular weight excluding hydrogens is 198 g/mol. The van der Waals surface area contributed by atoms with Crippen molar-refractivity contribution in [2.24, 2.45) is 0 Å². The number of aliphatic hydroxyl groups is 1. The summed E-state index contributed by atoms with van der Waals surface area (Å²) in [5.74, 6) is 0.363. The molecule has 1 aromatic rings. The van der Waals surface area contributed by atoms with Crippen LogP contribution >= 0.6 is 11.6 Å². The molecular formula is C11H10ClNO. The van der Waals surface area contributed by atoms with Crippen molar-refractivity contribution in [1.82, 2.24) is 0 Å². The van der Waals surface area contributed by atoms with Crippen LogP contribution in [0.2, 0.25) is 5.02 Å². The predicted octanol–water partition coefficient (Wildman–Crippen LogP) is 3.12. The molecule has 0 saturated heterocycles. The normalized spacial score (nSPS) is 15.5. The standard InChI is InChI=1S/C11H10ClNO/c12-9-3-5-10(6-4-9)13-7-1-2-11(14)8-13/h1-7,14H,8H2. The van der Waals surface area contributed by atoms with Gasteiger partial charge in [0.2, 0.25) is 0 Å². The van der Waals surface area contributed by atoms with Crippen LogP contribution < -0.4 is 4.90 Å². The van der Waals surface area contributed by atoms with Gasteiger partial charge in [-0.15, -0.1) is 0 Å². The summed E-state index contributed by atoms with van der Waals surface area (Å²) in [5, 5.41) is 10.1. The zero-order valence-corrected chi connectivity index (χ0v) is 8.28. The molecule has 0 spiro atoms. The summed E-state index contributed by atoms with van der Waals surface area (Å²) in [6.07, 6.45) is 5.42. The second kappa shape index (κ2) is 3.76. The molecule has 2 nitrogen and oxygen atoms in total. The Hall–Kier alpha value is -1.41. The molecule has 0 unspecified atom stereocenters. The van der Waals surface area contributed by atoms with Crippen LogP contribution in [0.3, 0.4) is 0 Å². The first kappa shape index (κ1) is 9.16. The van der Waals surface area contributed by atoms with Gasteiger partial charge in [0.1, 0.15) is 5.76 Å². The second-order valence-electron chi connectivity index (χ2n) is 3.10. The summed E-state index contributed by atoms with van der Waals surface area (Å²) < 4.78 is 0. The Morgan fingerprint density at radius 2 is 1.93 bits per heavy atom. The van der Waals surface area contributed by atoms with E-state index in [4.69, 9.17) is 11.6 Å². The Labute approximate surface area is 87.7 Å². The second-order valence-corrected chi connectivity index (χ2v) is 3.54. The highest BCUT2D eigenvalue weighted by molar-refractivity contribution is 6.30. The van der Waals surface area contributed by atoms with Crippen LogP contribution in [0.4, 0.5) is 5.69 Å². The predicted molar refractivity (Wildman–Crippen MR) is 58.6 cm³/mol. The first-order chi connectivity index (χ1) is 6.75. The summed E-state index contributed by atoms with van der Waals surface area (Å²) in [6.45, 7) is 0.512. The molecule has 1 aromatic carbocycles. The molecule has 14 heavy (non-hydrogen) atoms. The summed E-state index contributed by atoms with van der Waals surface area (Å²) >= 11 is 5.78. The van der Waals surface area contributed by atoms with Gasteiger partial charge in [-0.05, 0) is 36.4 Å². The SMILES string of the molecule is OC1=CC=CN(c2ccc(Cl)cc2)C1. The molecule has 0 saturated carbocycles. The first-order valence-corrected chi connectivity index (χ1v) is 4.72. The van der Waals surface area contributed by atoms with E-state index in [1.165, 1.54) is 0 Å². The Morgan fingerprint density at radius 1 is 1.21 bits per heavy atom. The Morgan fingerprint density at radius 3 is 2.57 bits per heavy atom. The molecule has 0 bridgehead atoms. The van der Waals surface area contributed by atoms with Gasteiger partial charge in [-0.2, -0.15) is 0 Å². The average Bonchev–Trinajstić information content (AvgIpc) is 2.19. The summed E-state index contributed by atoms with van der Waals surface area (Å²) in [4.78, 5) is 1.95. The lowest BCUT2D eigenvalue weighted by Crippen LogP contribution is -2.20. The van der Waals surface area contributed by atoms with Gasteiger partial charge in [-0.25, -0.2) is 0 Å². The lowest BCUT2D eigenvalue weighted by atomic mass is 10.2. The highest BCUT2D eigenvalue weighted by atomic mass is 35.5. The number of halogens is 1. The van der Waals surface area contributed by atoms with E-state index >= 15 is 0 Å². The van der Waals surface area contributed by atoms with E-state index in [1.54, 1.807) is 6.08 Å². The van der Waals surface area contributed by atoms with Crippen molar-refractivity contribution >= 4 is 17.3 Å². The fourth-order valence-electron chi connectivity index (χ4n) is 1.35. The van der Waals surface area contributed by atoms with Crippen molar-refractivity contribution in [3.63, 3.8) is 0 Å². The van der Waals surface area contributed by atoms with Crippen molar-refractivity contribution in [3.05, 3.63) is 53.4 Å². The number of benzene rings is 1. The third kappa shape index (κ3) is 1.91. The van der Waals surface area contributed by atoms with Crippen LogP contribution in [0.25, 0.3) is 0 Å². The summed E-state index contributed by atoms with van der Waals surface area (Å²) in [6, 6.07) is 7.51. The minimum absolute atomic E-state index is 0.363. The third-order valence-corrected chi connectivity index (χ3v) is 2.30. The number of nitrogens with zero attached hydrogens (tertiary/aromatic N) is 1. The Kier molecular flexibility index (Phi) is 2.46. The highest BCUT2D eigenvalue weighted by Crippen LogP contribution is 2.20. The van der Waals surface area contributed by atoms with E-state index < -0.39 is 0 Å². The van der Waals surface area contributed by atoms with E-state index in [0.717, 1.165) is 10.7 Å². The van der Waals surface area contributed by atoms with Crippen molar-refractivity contribution < 1.29 is 5.11 Å². The molecule has 0 fully saturated rings. The maximum absolute atomic E-state index is 9.34. The van der Waals surface area contributed by atoms with Gasteiger partial charge in [-0.3, -0.25) is 0 Å². The number of hydrogen-bond acceptors (Lipinski definition) is 2. The van der Waals surface area contributed by atoms with Gasteiger partial charge in [0.15, 0.2) is 0 Å². The van der Waals surface area contributed by atoms with E-state index in [2.05, 4.69) is 0 Å². The topological polar surface area (TPSA) is 23.5 Å². The average molecular weight is 208 g/mol. The monoisotopic (exact) mass is 207 g/mol. The molecule has 3 heteroatoms. The van der Waals surface area contributed by atoms with Crippen molar-refractivity contribution in [2.45, 2.75) is 0 Å². The fraction of sp³-hybridized carbons (Fsp3) is 0.0909. The molecule has 2 rings (SSSR count). The van der Waals surface area contributed by atoms with E-state index in [0.29, 0.717) is 12.3 Å². The number of rotatable bonds is 1. The summed E-state index contributed by atoms with van der Waals surface area (Å²) in [5.41, 5.74) is 1.02. The van der Waals surface area contributed by atoms with Gasteiger partial charge in [0.05, 0.1) is 6.54 Å². The van der Waals surface area contributed by atoms with Crippen LogP contribution in [0.5, 0.6) is 0 Å². The fourth-order valence-corrected chi connectivity index (χ4v) is 1.47. The molecule has 0 atom stereocenters. The van der Waals surface area contributed by atoms with Gasteiger partial charge in [-0.1, -0.05) is 11.6 Å². The maximum Gasteiger partial charge on any atom is 0.112 e. The van der Waals surface area contributed by atoms with Gasteiger partial charge >= 0.3 is 0 Å². The van der Waals surface area contributed by atoms with Crippen LogP contribution in [0.15, 0.2) is 48.4 Å². The number of aliphatic hydroxyl groups excluding tert-OH is 1. The lowest BCUT2D eigenvalue weighted by molar-refractivity contribution is 0.401. The zero-order valence-electron chi connectivity index (χ0n) is 7.52. The van der Waals surface area contributed by atoms with Crippen molar-refractivity contribution in [1.29, 1.82) is 0 Å². The molecule has 1 aliphatic heterocycles. The van der Waals surface area contributed by atoms with E-state index in [-0.39, 0.29) is 0 Å². The lowest BCUT2D eigenvalue weighted by Gasteiger charge is -2.22. The molecule has 72 valence electrons. The molecule has 0 aliphatic carbocycles. The molecule has 0 aromatic heterocycles. The number of hydrogen-bond donors (Lipinski definition) is 1. The van der Waals surface area contributed by atoms with Gasteiger partial charge in [0, 0.05) is 16.9 Å².